The van der Waals surface area contributed by atoms with Crippen LogP contribution in [0.3, 0.4) is 0 Å². The average molecular weight is 416 g/mol. The molecular formula is C15H16Br2N2S. The van der Waals surface area contributed by atoms with E-state index in [-0.39, 0.29) is 0 Å². The molecule has 0 aliphatic rings. The zero-order valence-electron chi connectivity index (χ0n) is 11.2. The van der Waals surface area contributed by atoms with Crippen molar-refractivity contribution >= 4 is 43.6 Å². The third kappa shape index (κ3) is 4.58. The van der Waals surface area contributed by atoms with E-state index in [1.165, 1.54) is 10.5 Å². The van der Waals surface area contributed by atoms with Gasteiger partial charge in [0.1, 0.15) is 5.03 Å². The molecule has 1 N–H and O–H groups in total. The van der Waals surface area contributed by atoms with E-state index in [0.29, 0.717) is 0 Å². The lowest BCUT2D eigenvalue weighted by molar-refractivity contribution is 0.669. The Morgan fingerprint density at radius 3 is 2.85 bits per heavy atom. The number of nitrogens with zero attached hydrogens (tertiary/aromatic N) is 1. The zero-order chi connectivity index (χ0) is 14.4. The second-order valence-corrected chi connectivity index (χ2v) is 7.12. The lowest BCUT2D eigenvalue weighted by Crippen LogP contribution is -2.14. The monoisotopic (exact) mass is 414 g/mol. The number of nitrogens with one attached hydrogen (secondary N) is 1. The van der Waals surface area contributed by atoms with Gasteiger partial charge in [-0.25, -0.2) is 4.98 Å². The number of hydrogen-bond acceptors (Lipinski definition) is 3. The van der Waals surface area contributed by atoms with E-state index >= 15 is 0 Å². The second kappa shape index (κ2) is 8.17. The van der Waals surface area contributed by atoms with Crippen LogP contribution in [0.15, 0.2) is 55.4 Å². The van der Waals surface area contributed by atoms with Crippen molar-refractivity contribution in [1.29, 1.82) is 0 Å². The molecule has 2 nitrogen and oxygen atoms in total. The molecule has 0 aliphatic carbocycles. The van der Waals surface area contributed by atoms with Crippen LogP contribution >= 0.6 is 43.6 Å². The molecular weight excluding hydrogens is 400 g/mol. The van der Waals surface area contributed by atoms with Crippen molar-refractivity contribution in [3.63, 3.8) is 0 Å². The van der Waals surface area contributed by atoms with Gasteiger partial charge in [0.15, 0.2) is 0 Å². The van der Waals surface area contributed by atoms with Gasteiger partial charge in [0, 0.05) is 22.1 Å². The molecule has 1 heterocycles. The fourth-order valence-electron chi connectivity index (χ4n) is 1.74. The Balaban J connectivity index is 2.20. The molecule has 0 bridgehead atoms. The van der Waals surface area contributed by atoms with Crippen LogP contribution in [0.2, 0.25) is 0 Å². The Labute approximate surface area is 141 Å². The lowest BCUT2D eigenvalue weighted by atomic mass is 10.2. The van der Waals surface area contributed by atoms with Gasteiger partial charge in [0.2, 0.25) is 0 Å². The summed E-state index contributed by atoms with van der Waals surface area (Å²) >= 11 is 8.78. The Morgan fingerprint density at radius 1 is 1.25 bits per heavy atom. The van der Waals surface area contributed by atoms with E-state index in [2.05, 4.69) is 67.3 Å². The van der Waals surface area contributed by atoms with Gasteiger partial charge in [-0.2, -0.15) is 0 Å². The number of halogens is 2. The summed E-state index contributed by atoms with van der Waals surface area (Å²) in [7, 11) is 0. The topological polar surface area (TPSA) is 24.9 Å². The average Bonchev–Trinajstić information content (AvgIpc) is 2.44. The second-order valence-electron chi connectivity index (χ2n) is 4.32. The maximum Gasteiger partial charge on any atom is 0.115 e. The minimum atomic E-state index is 0.875. The summed E-state index contributed by atoms with van der Waals surface area (Å²) in [5, 5.41) is 4.45. The minimum Gasteiger partial charge on any atom is -0.313 e. The molecule has 106 valence electrons. The molecule has 0 fully saturated rings. The standard InChI is InChI=1S/C15H16Br2N2S/c1-2-7-18-10-11-9-12(16)5-6-14(11)20-15-13(17)4-3-8-19-15/h3-6,8-9,18H,2,7,10H2,1H3. The van der Waals surface area contributed by atoms with Crippen LogP contribution in [-0.2, 0) is 6.54 Å². The number of pyridine rings is 1. The molecule has 0 amide bonds. The molecule has 2 rings (SSSR count). The number of aromatic nitrogens is 1. The molecule has 1 aromatic heterocycles. The summed E-state index contributed by atoms with van der Waals surface area (Å²) in [6.45, 7) is 4.08. The van der Waals surface area contributed by atoms with Crippen LogP contribution in [0.1, 0.15) is 18.9 Å². The van der Waals surface area contributed by atoms with Gasteiger partial charge < -0.3 is 5.32 Å². The Hall–Kier alpha value is -0.360. The van der Waals surface area contributed by atoms with Crippen LogP contribution in [0.4, 0.5) is 0 Å². The highest BCUT2D eigenvalue weighted by molar-refractivity contribution is 9.10. The zero-order valence-corrected chi connectivity index (χ0v) is 15.2. The number of rotatable bonds is 6. The van der Waals surface area contributed by atoms with Gasteiger partial charge in [0.25, 0.3) is 0 Å². The van der Waals surface area contributed by atoms with E-state index in [0.717, 1.165) is 33.5 Å². The van der Waals surface area contributed by atoms with Gasteiger partial charge in [0.05, 0.1) is 4.47 Å². The maximum absolute atomic E-state index is 4.42. The predicted octanol–water partition coefficient (Wildman–Crippen LogP) is 5.26. The van der Waals surface area contributed by atoms with E-state index in [9.17, 15) is 0 Å². The maximum atomic E-state index is 4.42. The Kier molecular flexibility index (Phi) is 6.55. The fraction of sp³-hybridized carbons (Fsp3) is 0.267. The minimum absolute atomic E-state index is 0.875. The van der Waals surface area contributed by atoms with E-state index in [1.54, 1.807) is 11.8 Å². The summed E-state index contributed by atoms with van der Waals surface area (Å²) in [6, 6.07) is 10.3. The van der Waals surface area contributed by atoms with Crippen LogP contribution in [0.5, 0.6) is 0 Å². The summed E-state index contributed by atoms with van der Waals surface area (Å²) in [6.07, 6.45) is 2.96. The molecule has 0 saturated heterocycles. The summed E-state index contributed by atoms with van der Waals surface area (Å²) in [5.74, 6) is 0. The van der Waals surface area contributed by atoms with Gasteiger partial charge in [-0.1, -0.05) is 34.6 Å². The predicted molar refractivity (Wildman–Crippen MR) is 92.2 cm³/mol. The molecule has 5 heteroatoms. The van der Waals surface area contributed by atoms with Crippen LogP contribution < -0.4 is 5.32 Å². The first-order valence-corrected chi connectivity index (χ1v) is 8.88. The molecule has 1 aromatic carbocycles. The van der Waals surface area contributed by atoms with Crippen molar-refractivity contribution in [3.05, 3.63) is 51.0 Å². The Bertz CT molecular complexity index is 576. The molecule has 0 atom stereocenters. The van der Waals surface area contributed by atoms with Crippen molar-refractivity contribution in [1.82, 2.24) is 10.3 Å². The Morgan fingerprint density at radius 2 is 2.10 bits per heavy atom. The van der Waals surface area contributed by atoms with Crippen molar-refractivity contribution in [3.8, 4) is 0 Å². The van der Waals surface area contributed by atoms with Gasteiger partial charge in [-0.05, 0) is 64.8 Å². The first-order chi connectivity index (χ1) is 9.70. The third-order valence-corrected chi connectivity index (χ3v) is 5.23. The molecule has 0 spiro atoms. The first-order valence-electron chi connectivity index (χ1n) is 6.48. The van der Waals surface area contributed by atoms with Crippen molar-refractivity contribution in [2.24, 2.45) is 0 Å². The van der Waals surface area contributed by atoms with Gasteiger partial charge in [-0.15, -0.1) is 0 Å². The van der Waals surface area contributed by atoms with Crippen LogP contribution in [-0.4, -0.2) is 11.5 Å². The normalized spacial score (nSPS) is 10.8. The van der Waals surface area contributed by atoms with E-state index < -0.39 is 0 Å². The number of hydrogen-bond donors (Lipinski definition) is 1. The van der Waals surface area contributed by atoms with Crippen molar-refractivity contribution in [2.75, 3.05) is 6.54 Å². The summed E-state index contributed by atoms with van der Waals surface area (Å²) in [5.41, 5.74) is 1.29. The van der Waals surface area contributed by atoms with Gasteiger partial charge >= 0.3 is 0 Å². The molecule has 20 heavy (non-hydrogen) atoms. The summed E-state index contributed by atoms with van der Waals surface area (Å²) in [4.78, 5) is 5.65. The molecule has 0 aliphatic heterocycles. The highest BCUT2D eigenvalue weighted by atomic mass is 79.9. The first kappa shape index (κ1) is 16.0. The molecule has 0 radical (unpaired) electrons. The third-order valence-electron chi connectivity index (χ3n) is 2.70. The fourth-order valence-corrected chi connectivity index (χ4v) is 3.53. The van der Waals surface area contributed by atoms with Crippen molar-refractivity contribution in [2.45, 2.75) is 29.8 Å². The highest BCUT2D eigenvalue weighted by Crippen LogP contribution is 2.34. The van der Waals surface area contributed by atoms with Crippen LogP contribution in [0.25, 0.3) is 0 Å². The summed E-state index contributed by atoms with van der Waals surface area (Å²) < 4.78 is 2.13. The molecule has 0 unspecified atom stereocenters. The smallest absolute Gasteiger partial charge is 0.115 e. The van der Waals surface area contributed by atoms with E-state index in [4.69, 9.17) is 0 Å². The van der Waals surface area contributed by atoms with Crippen LogP contribution in [0, 0.1) is 0 Å². The van der Waals surface area contributed by atoms with Gasteiger partial charge in [-0.3, -0.25) is 0 Å². The molecule has 0 saturated carbocycles. The lowest BCUT2D eigenvalue weighted by Gasteiger charge is -2.11. The van der Waals surface area contributed by atoms with E-state index in [1.807, 2.05) is 18.3 Å². The SMILES string of the molecule is CCCNCc1cc(Br)ccc1Sc1ncccc1Br. The quantitative estimate of drug-likeness (QED) is 0.651. The largest absolute Gasteiger partial charge is 0.313 e. The molecule has 2 aromatic rings. The van der Waals surface area contributed by atoms with Crippen molar-refractivity contribution < 1.29 is 0 Å². The highest BCUT2D eigenvalue weighted by Gasteiger charge is 2.08. The number of benzene rings is 1.